The molecule has 3 rings (SSSR count). The van der Waals surface area contributed by atoms with E-state index in [0.29, 0.717) is 23.5 Å². The number of amides is 1. The number of hydrogen-bond donors (Lipinski definition) is 1. The molecule has 0 fully saturated rings. The molecular formula is C22H19NO3. The molecule has 3 aromatic rings. The van der Waals surface area contributed by atoms with Crippen molar-refractivity contribution < 1.29 is 14.3 Å². The predicted octanol–water partition coefficient (Wildman–Crippen LogP) is 4.02. The number of rotatable bonds is 7. The van der Waals surface area contributed by atoms with E-state index < -0.39 is 6.04 Å². The molecule has 4 nitrogen and oxygen atoms in total. The summed E-state index contributed by atoms with van der Waals surface area (Å²) in [5.74, 6) is 0.745. The molecule has 0 bridgehead atoms. The summed E-state index contributed by atoms with van der Waals surface area (Å²) >= 11 is 0. The minimum Gasteiger partial charge on any atom is -0.457 e. The van der Waals surface area contributed by atoms with Gasteiger partial charge in [-0.25, -0.2) is 0 Å². The van der Waals surface area contributed by atoms with Crippen molar-refractivity contribution in [3.63, 3.8) is 0 Å². The van der Waals surface area contributed by atoms with Crippen LogP contribution in [0.15, 0.2) is 84.9 Å². The van der Waals surface area contributed by atoms with E-state index in [1.807, 2.05) is 60.7 Å². The average Bonchev–Trinajstić information content (AvgIpc) is 2.69. The highest BCUT2D eigenvalue weighted by Gasteiger charge is 2.17. The molecule has 1 amide bonds. The molecule has 0 spiro atoms. The van der Waals surface area contributed by atoms with Crippen molar-refractivity contribution in [2.75, 3.05) is 0 Å². The molecule has 0 aliphatic heterocycles. The lowest BCUT2D eigenvalue weighted by Crippen LogP contribution is -2.37. The molecule has 1 unspecified atom stereocenters. The Bertz CT molecular complexity index is 863. The van der Waals surface area contributed by atoms with Crippen LogP contribution in [0.3, 0.4) is 0 Å². The molecule has 1 N–H and O–H groups in total. The molecule has 4 heteroatoms. The molecule has 0 saturated heterocycles. The summed E-state index contributed by atoms with van der Waals surface area (Å²) < 4.78 is 5.81. The van der Waals surface area contributed by atoms with Gasteiger partial charge in [0.25, 0.3) is 5.91 Å². The molecule has 0 aliphatic carbocycles. The predicted molar refractivity (Wildman–Crippen MR) is 100 cm³/mol. The van der Waals surface area contributed by atoms with Gasteiger partial charge in [0.15, 0.2) is 0 Å². The first-order valence-electron chi connectivity index (χ1n) is 8.38. The van der Waals surface area contributed by atoms with Gasteiger partial charge < -0.3 is 14.8 Å². The van der Waals surface area contributed by atoms with Gasteiger partial charge in [0, 0.05) is 0 Å². The number of carbonyl (C=O) groups excluding carboxylic acids is 2. The normalized spacial score (nSPS) is 11.4. The second-order valence-corrected chi connectivity index (χ2v) is 5.82. The zero-order valence-corrected chi connectivity index (χ0v) is 14.2. The third-order valence-corrected chi connectivity index (χ3v) is 3.88. The number of ether oxygens (including phenoxy) is 1. The number of aldehydes is 1. The van der Waals surface area contributed by atoms with Gasteiger partial charge in [-0.15, -0.1) is 0 Å². The SMILES string of the molecule is O=CC(Cc1ccccc1)NC(=O)c1ccccc1Oc1ccccc1. The summed E-state index contributed by atoms with van der Waals surface area (Å²) in [7, 11) is 0. The van der Waals surface area contributed by atoms with Crippen LogP contribution in [-0.2, 0) is 11.2 Å². The van der Waals surface area contributed by atoms with Crippen LogP contribution < -0.4 is 10.1 Å². The fraction of sp³-hybridized carbons (Fsp3) is 0.0909. The fourth-order valence-corrected chi connectivity index (χ4v) is 2.61. The van der Waals surface area contributed by atoms with Crippen molar-refractivity contribution in [2.24, 2.45) is 0 Å². The minimum absolute atomic E-state index is 0.343. The molecule has 3 aromatic carbocycles. The zero-order valence-electron chi connectivity index (χ0n) is 14.2. The average molecular weight is 345 g/mol. The number of para-hydroxylation sites is 2. The van der Waals surface area contributed by atoms with E-state index in [9.17, 15) is 9.59 Å². The standard InChI is InChI=1S/C22H19NO3/c24-16-18(15-17-9-3-1-4-10-17)23-22(25)20-13-7-8-14-21(20)26-19-11-5-2-6-12-19/h1-14,16,18H,15H2,(H,23,25). The molecular weight excluding hydrogens is 326 g/mol. The number of benzene rings is 3. The molecule has 0 aromatic heterocycles. The van der Waals surface area contributed by atoms with Crippen molar-refractivity contribution in [3.8, 4) is 11.5 Å². The lowest BCUT2D eigenvalue weighted by atomic mass is 10.1. The first-order valence-corrected chi connectivity index (χ1v) is 8.38. The van der Waals surface area contributed by atoms with Gasteiger partial charge in [0.05, 0.1) is 11.6 Å². The molecule has 0 radical (unpaired) electrons. The summed E-state index contributed by atoms with van der Waals surface area (Å²) in [6, 6.07) is 25.2. The highest BCUT2D eigenvalue weighted by Crippen LogP contribution is 2.25. The Morgan fingerprint density at radius 2 is 1.50 bits per heavy atom. The van der Waals surface area contributed by atoms with Gasteiger partial charge in [-0.2, -0.15) is 0 Å². The van der Waals surface area contributed by atoms with E-state index in [-0.39, 0.29) is 5.91 Å². The Kier molecular flexibility index (Phi) is 5.78. The van der Waals surface area contributed by atoms with Crippen LogP contribution >= 0.6 is 0 Å². The molecule has 1 atom stereocenters. The van der Waals surface area contributed by atoms with E-state index in [0.717, 1.165) is 11.8 Å². The maximum atomic E-state index is 12.7. The van der Waals surface area contributed by atoms with Crippen LogP contribution in [0.2, 0.25) is 0 Å². The Morgan fingerprint density at radius 3 is 2.19 bits per heavy atom. The topological polar surface area (TPSA) is 55.4 Å². The van der Waals surface area contributed by atoms with Crippen LogP contribution in [-0.4, -0.2) is 18.2 Å². The van der Waals surface area contributed by atoms with E-state index in [4.69, 9.17) is 4.74 Å². The largest absolute Gasteiger partial charge is 0.457 e. The van der Waals surface area contributed by atoms with E-state index in [2.05, 4.69) is 5.32 Å². The first-order chi connectivity index (χ1) is 12.8. The summed E-state index contributed by atoms with van der Waals surface area (Å²) in [5.41, 5.74) is 1.37. The van der Waals surface area contributed by atoms with Crippen molar-refractivity contribution in [1.82, 2.24) is 5.32 Å². The Hall–Kier alpha value is -3.40. The quantitative estimate of drug-likeness (QED) is 0.658. The van der Waals surface area contributed by atoms with Crippen molar-refractivity contribution in [2.45, 2.75) is 12.5 Å². The van der Waals surface area contributed by atoms with Gasteiger partial charge in [-0.3, -0.25) is 4.79 Å². The monoisotopic (exact) mass is 345 g/mol. The van der Waals surface area contributed by atoms with Gasteiger partial charge >= 0.3 is 0 Å². The second-order valence-electron chi connectivity index (χ2n) is 5.82. The third-order valence-electron chi connectivity index (χ3n) is 3.88. The lowest BCUT2D eigenvalue weighted by molar-refractivity contribution is -0.109. The number of nitrogens with one attached hydrogen (secondary N) is 1. The summed E-state index contributed by atoms with van der Waals surface area (Å²) in [6.07, 6.45) is 1.20. The molecule has 0 heterocycles. The maximum Gasteiger partial charge on any atom is 0.255 e. The molecule has 130 valence electrons. The first kappa shape index (κ1) is 17.4. The highest BCUT2D eigenvalue weighted by molar-refractivity contribution is 5.98. The minimum atomic E-state index is -0.602. The van der Waals surface area contributed by atoms with Gasteiger partial charge in [0.1, 0.15) is 17.8 Å². The smallest absolute Gasteiger partial charge is 0.255 e. The second kappa shape index (κ2) is 8.62. The lowest BCUT2D eigenvalue weighted by Gasteiger charge is -2.15. The van der Waals surface area contributed by atoms with Crippen molar-refractivity contribution in [1.29, 1.82) is 0 Å². The van der Waals surface area contributed by atoms with Gasteiger partial charge in [-0.05, 0) is 36.2 Å². The zero-order chi connectivity index (χ0) is 18.2. The molecule has 26 heavy (non-hydrogen) atoms. The van der Waals surface area contributed by atoms with E-state index >= 15 is 0 Å². The van der Waals surface area contributed by atoms with Gasteiger partial charge in [0.2, 0.25) is 0 Å². The Balaban J connectivity index is 1.74. The maximum absolute atomic E-state index is 12.7. The Labute approximate surface area is 152 Å². The summed E-state index contributed by atoms with van der Waals surface area (Å²) in [6.45, 7) is 0. The van der Waals surface area contributed by atoms with Crippen LogP contribution in [0, 0.1) is 0 Å². The van der Waals surface area contributed by atoms with Crippen LogP contribution in [0.1, 0.15) is 15.9 Å². The van der Waals surface area contributed by atoms with Crippen molar-refractivity contribution in [3.05, 3.63) is 96.1 Å². The fourth-order valence-electron chi connectivity index (χ4n) is 2.61. The van der Waals surface area contributed by atoms with E-state index in [1.54, 1.807) is 24.3 Å². The van der Waals surface area contributed by atoms with Gasteiger partial charge in [-0.1, -0.05) is 60.7 Å². The van der Waals surface area contributed by atoms with E-state index in [1.165, 1.54) is 0 Å². The molecule has 0 aliphatic rings. The highest BCUT2D eigenvalue weighted by atomic mass is 16.5. The molecule has 0 saturated carbocycles. The number of carbonyl (C=O) groups is 2. The number of hydrogen-bond acceptors (Lipinski definition) is 3. The summed E-state index contributed by atoms with van der Waals surface area (Å²) in [4.78, 5) is 24.1. The van der Waals surface area contributed by atoms with Crippen LogP contribution in [0.5, 0.6) is 11.5 Å². The van der Waals surface area contributed by atoms with Crippen molar-refractivity contribution >= 4 is 12.2 Å². The third kappa shape index (κ3) is 4.57. The Morgan fingerprint density at radius 1 is 0.885 bits per heavy atom. The van der Waals surface area contributed by atoms with Crippen LogP contribution in [0.25, 0.3) is 0 Å². The van der Waals surface area contributed by atoms with Crippen LogP contribution in [0.4, 0.5) is 0 Å². The summed E-state index contributed by atoms with van der Waals surface area (Å²) in [5, 5.41) is 2.77.